The number of furan rings is 3. The lowest BCUT2D eigenvalue weighted by atomic mass is 9.99. The Kier molecular flexibility index (Phi) is 4.90. The van der Waals surface area contributed by atoms with Crippen molar-refractivity contribution >= 4 is 66.9 Å². The summed E-state index contributed by atoms with van der Waals surface area (Å²) in [6.07, 6.45) is 7.52. The molecule has 0 amide bonds. The molecule has 45 heavy (non-hydrogen) atoms. The van der Waals surface area contributed by atoms with E-state index in [4.69, 9.17) is 18.2 Å². The van der Waals surface area contributed by atoms with Crippen molar-refractivity contribution in [3.05, 3.63) is 109 Å². The van der Waals surface area contributed by atoms with Gasteiger partial charge in [0.15, 0.2) is 11.6 Å². The molecule has 6 heterocycles. The Morgan fingerprint density at radius 3 is 1.89 bits per heavy atom. The Labute approximate surface area is 254 Å². The quantitative estimate of drug-likeness (QED) is 0.220. The summed E-state index contributed by atoms with van der Waals surface area (Å²) in [7, 11) is 0. The van der Waals surface area contributed by atoms with E-state index < -0.39 is 0 Å². The van der Waals surface area contributed by atoms with Crippen molar-refractivity contribution in [1.82, 2.24) is 19.9 Å². The van der Waals surface area contributed by atoms with Crippen molar-refractivity contribution in [2.45, 2.75) is 0 Å². The summed E-state index contributed by atoms with van der Waals surface area (Å²) in [6.45, 7) is 0.772. The number of aromatic nitrogens is 4. The molecule has 1 aliphatic heterocycles. The van der Waals surface area contributed by atoms with Crippen molar-refractivity contribution in [3.63, 3.8) is 0 Å². The second-order valence-corrected chi connectivity index (χ2v) is 11.2. The summed E-state index contributed by atoms with van der Waals surface area (Å²) in [6, 6.07) is 28.6. The predicted octanol–water partition coefficient (Wildman–Crippen LogP) is 9.25. The lowest BCUT2D eigenvalue weighted by Crippen LogP contribution is -2.01. The van der Waals surface area contributed by atoms with E-state index in [1.165, 1.54) is 0 Å². The van der Waals surface area contributed by atoms with Crippen LogP contribution < -0.4 is 5.32 Å². The molecule has 0 saturated carbocycles. The first-order valence-corrected chi connectivity index (χ1v) is 14.7. The Balaban J connectivity index is 1.06. The molecule has 0 radical (unpaired) electrons. The van der Waals surface area contributed by atoms with E-state index in [0.29, 0.717) is 17.4 Å². The molecule has 10 rings (SSSR count). The van der Waals surface area contributed by atoms with Crippen LogP contribution in [-0.2, 0) is 0 Å². The summed E-state index contributed by atoms with van der Waals surface area (Å²) in [4.78, 5) is 18.2. The average molecular weight is 584 g/mol. The van der Waals surface area contributed by atoms with Crippen molar-refractivity contribution < 1.29 is 13.3 Å². The molecular weight excluding hydrogens is 562 g/mol. The van der Waals surface area contributed by atoms with Crippen LogP contribution in [0.2, 0.25) is 0 Å². The van der Waals surface area contributed by atoms with Crippen LogP contribution in [0.4, 0.5) is 5.88 Å². The van der Waals surface area contributed by atoms with E-state index in [0.717, 1.165) is 89.5 Å². The molecule has 1 N–H and O–H groups in total. The molecule has 5 aromatic heterocycles. The molecule has 0 atom stereocenters. The fraction of sp³-hybridized carbons (Fsp3) is 0.0270. The highest BCUT2D eigenvalue weighted by Gasteiger charge is 2.17. The van der Waals surface area contributed by atoms with E-state index in [9.17, 15) is 0 Å². The van der Waals surface area contributed by atoms with E-state index in [1.807, 2.05) is 54.6 Å². The third-order valence-corrected chi connectivity index (χ3v) is 8.53. The van der Waals surface area contributed by atoms with Crippen LogP contribution in [0.15, 0.2) is 117 Å². The summed E-state index contributed by atoms with van der Waals surface area (Å²) in [5.41, 5.74) is 8.93. The van der Waals surface area contributed by atoms with Gasteiger partial charge in [0.2, 0.25) is 11.6 Å². The molecule has 212 valence electrons. The lowest BCUT2D eigenvalue weighted by molar-refractivity contribution is 0.628. The maximum Gasteiger partial charge on any atom is 0.227 e. The van der Waals surface area contributed by atoms with Crippen LogP contribution in [0.3, 0.4) is 0 Å². The van der Waals surface area contributed by atoms with Gasteiger partial charge in [-0.15, -0.1) is 0 Å². The van der Waals surface area contributed by atoms with Gasteiger partial charge in [-0.2, -0.15) is 0 Å². The standard InChI is InChI=1S/C37H21N5O3/c1-3-24-26-15-20(6-10-32(26)44-36(24)38-13-1)21-5-9-30-28(16-21)29-18-23(7-11-31(29)43-30)35-41-19-40-34(42-35)22-8-12-33-27(17-22)25-4-2-14-39-37(25)45-33/h1-12,14-19,38H,13H2. The molecule has 4 aromatic carbocycles. The molecule has 0 spiro atoms. The minimum absolute atomic E-state index is 0.585. The van der Waals surface area contributed by atoms with E-state index >= 15 is 0 Å². The van der Waals surface area contributed by atoms with Crippen molar-refractivity contribution in [2.24, 2.45) is 0 Å². The van der Waals surface area contributed by atoms with Crippen LogP contribution in [-0.4, -0.2) is 26.5 Å². The maximum absolute atomic E-state index is 6.23. The molecular formula is C37H21N5O3. The normalized spacial score (nSPS) is 12.9. The van der Waals surface area contributed by atoms with Crippen LogP contribution in [0.5, 0.6) is 0 Å². The SMILES string of the molecule is C1=Cc2c(oc3ccc(-c4ccc5oc6ccc(-c7ncnc(-c8ccc9oc%10ncccc%10c9c8)n7)cc6c5c4)cc23)NC1. The molecule has 0 unspecified atom stereocenters. The zero-order chi connectivity index (χ0) is 29.5. The molecule has 8 heteroatoms. The van der Waals surface area contributed by atoms with Gasteiger partial charge in [-0.1, -0.05) is 24.3 Å². The Hall–Kier alpha value is -6.28. The smallest absolute Gasteiger partial charge is 0.227 e. The number of hydrogen-bond donors (Lipinski definition) is 1. The number of nitrogens with one attached hydrogen (secondary N) is 1. The molecule has 0 aliphatic carbocycles. The number of pyridine rings is 1. The fourth-order valence-electron chi connectivity index (χ4n) is 6.34. The van der Waals surface area contributed by atoms with Crippen molar-refractivity contribution in [3.8, 4) is 33.9 Å². The van der Waals surface area contributed by atoms with Crippen LogP contribution >= 0.6 is 0 Å². The van der Waals surface area contributed by atoms with Crippen LogP contribution in [0.25, 0.3) is 95.0 Å². The Morgan fingerprint density at radius 1 is 0.556 bits per heavy atom. The monoisotopic (exact) mass is 583 g/mol. The highest BCUT2D eigenvalue weighted by Crippen LogP contribution is 2.38. The molecule has 0 saturated heterocycles. The van der Waals surface area contributed by atoms with Gasteiger partial charge in [0.05, 0.1) is 0 Å². The second-order valence-electron chi connectivity index (χ2n) is 11.2. The van der Waals surface area contributed by atoms with Crippen LogP contribution in [0, 0.1) is 0 Å². The zero-order valence-electron chi connectivity index (χ0n) is 23.6. The van der Waals surface area contributed by atoms with Gasteiger partial charge in [-0.05, 0) is 83.9 Å². The minimum Gasteiger partial charge on any atom is -0.456 e. The largest absolute Gasteiger partial charge is 0.456 e. The topological polar surface area (TPSA) is 103 Å². The maximum atomic E-state index is 6.23. The van der Waals surface area contributed by atoms with Gasteiger partial charge in [0, 0.05) is 56.4 Å². The average Bonchev–Trinajstić information content (AvgIpc) is 3.78. The minimum atomic E-state index is 0.585. The van der Waals surface area contributed by atoms with Gasteiger partial charge in [-0.3, -0.25) is 0 Å². The second kappa shape index (κ2) is 9.11. The van der Waals surface area contributed by atoms with Gasteiger partial charge in [0.1, 0.15) is 28.7 Å². The molecule has 0 bridgehead atoms. The fourth-order valence-corrected chi connectivity index (χ4v) is 6.34. The third-order valence-electron chi connectivity index (χ3n) is 8.53. The van der Waals surface area contributed by atoms with Crippen molar-refractivity contribution in [2.75, 3.05) is 11.9 Å². The lowest BCUT2D eigenvalue weighted by Gasteiger charge is -2.05. The number of nitrogens with zero attached hydrogens (tertiary/aromatic N) is 4. The van der Waals surface area contributed by atoms with Gasteiger partial charge >= 0.3 is 0 Å². The number of anilines is 1. The Bertz CT molecular complexity index is 2680. The van der Waals surface area contributed by atoms with E-state index in [2.05, 4.69) is 62.8 Å². The van der Waals surface area contributed by atoms with Gasteiger partial charge < -0.3 is 18.6 Å². The van der Waals surface area contributed by atoms with Crippen molar-refractivity contribution in [1.29, 1.82) is 0 Å². The first-order chi connectivity index (χ1) is 22.2. The molecule has 8 nitrogen and oxygen atoms in total. The summed E-state index contributed by atoms with van der Waals surface area (Å²) in [5.74, 6) is 1.99. The number of rotatable bonds is 3. The zero-order valence-corrected chi connectivity index (χ0v) is 23.6. The molecule has 1 aliphatic rings. The first-order valence-electron chi connectivity index (χ1n) is 14.7. The first kappa shape index (κ1) is 24.2. The van der Waals surface area contributed by atoms with Gasteiger partial charge in [-0.25, -0.2) is 19.9 Å². The number of fused-ring (bicyclic) bond motifs is 9. The molecule has 9 aromatic rings. The Morgan fingerprint density at radius 2 is 1.16 bits per heavy atom. The number of hydrogen-bond acceptors (Lipinski definition) is 8. The summed E-state index contributed by atoms with van der Waals surface area (Å²) >= 11 is 0. The summed E-state index contributed by atoms with van der Waals surface area (Å²) in [5, 5.41) is 8.36. The molecule has 0 fully saturated rings. The number of benzene rings is 4. The highest BCUT2D eigenvalue weighted by atomic mass is 16.4. The third kappa shape index (κ3) is 3.72. The highest BCUT2D eigenvalue weighted by molar-refractivity contribution is 6.08. The summed E-state index contributed by atoms with van der Waals surface area (Å²) < 4.78 is 18.1. The van der Waals surface area contributed by atoms with E-state index in [1.54, 1.807) is 12.5 Å². The van der Waals surface area contributed by atoms with Gasteiger partial charge in [0.25, 0.3) is 0 Å². The predicted molar refractivity (Wildman–Crippen MR) is 176 cm³/mol. The van der Waals surface area contributed by atoms with Crippen LogP contribution in [0.1, 0.15) is 5.56 Å². The van der Waals surface area contributed by atoms with E-state index in [-0.39, 0.29) is 0 Å².